The first-order valence-electron chi connectivity index (χ1n) is 6.92. The van der Waals surface area contributed by atoms with Crippen molar-refractivity contribution in [2.24, 2.45) is 0 Å². The van der Waals surface area contributed by atoms with E-state index in [9.17, 15) is 9.59 Å². The molecule has 21 heavy (non-hydrogen) atoms. The molecule has 0 radical (unpaired) electrons. The van der Waals surface area contributed by atoms with Gasteiger partial charge in [0.15, 0.2) is 0 Å². The molecular formula is C13H24N2O6. The Morgan fingerprint density at radius 3 is 2.71 bits per heavy atom. The molecule has 0 aliphatic carbocycles. The van der Waals surface area contributed by atoms with Crippen LogP contribution in [0, 0.1) is 0 Å². The topological polar surface area (TPSA) is 106 Å². The van der Waals surface area contributed by atoms with Crippen molar-refractivity contribution < 1.29 is 28.9 Å². The molecular weight excluding hydrogens is 280 g/mol. The highest BCUT2D eigenvalue weighted by Crippen LogP contribution is 2.21. The maximum absolute atomic E-state index is 11.8. The van der Waals surface area contributed by atoms with Crippen LogP contribution in [0.5, 0.6) is 0 Å². The molecule has 0 bridgehead atoms. The van der Waals surface area contributed by atoms with Gasteiger partial charge in [0.2, 0.25) is 0 Å². The van der Waals surface area contributed by atoms with Crippen LogP contribution in [0.25, 0.3) is 0 Å². The van der Waals surface area contributed by atoms with E-state index >= 15 is 0 Å². The lowest BCUT2D eigenvalue weighted by molar-refractivity contribution is -0.139. The summed E-state index contributed by atoms with van der Waals surface area (Å²) in [6, 6.07) is -1.46. The van der Waals surface area contributed by atoms with Gasteiger partial charge in [0.25, 0.3) is 0 Å². The summed E-state index contributed by atoms with van der Waals surface area (Å²) in [6.07, 6.45) is 1.57. The molecule has 1 rings (SSSR count). The predicted molar refractivity (Wildman–Crippen MR) is 74.2 cm³/mol. The Morgan fingerprint density at radius 1 is 1.43 bits per heavy atom. The van der Waals surface area contributed by atoms with Gasteiger partial charge in [0.1, 0.15) is 11.6 Å². The lowest BCUT2D eigenvalue weighted by Crippen LogP contribution is -2.51. The fourth-order valence-corrected chi connectivity index (χ4v) is 2.10. The number of amides is 2. The number of carboxylic acids is 1. The molecule has 1 fully saturated rings. The van der Waals surface area contributed by atoms with Crippen LogP contribution in [0.15, 0.2) is 0 Å². The zero-order valence-corrected chi connectivity index (χ0v) is 12.5. The standard InChI is InChI=1S/C13H24N2O6/c1-19-6-3-4-10(11(16)17)15-12(18)14-8-13(20-2)5-7-21-9-13/h10H,3-9H2,1-2H3,(H,16,17)(H2,14,15,18). The van der Waals surface area contributed by atoms with Gasteiger partial charge < -0.3 is 30.0 Å². The first kappa shape index (κ1) is 17.7. The van der Waals surface area contributed by atoms with Crippen LogP contribution in [-0.4, -0.2) is 69.3 Å². The lowest BCUT2D eigenvalue weighted by atomic mass is 10.0. The number of rotatable bonds is 9. The van der Waals surface area contributed by atoms with Crippen molar-refractivity contribution in [1.29, 1.82) is 0 Å². The van der Waals surface area contributed by atoms with Gasteiger partial charge in [0.05, 0.1) is 13.2 Å². The quantitative estimate of drug-likeness (QED) is 0.517. The second-order valence-corrected chi connectivity index (χ2v) is 5.04. The number of carboxylic acid groups (broad SMARTS) is 1. The van der Waals surface area contributed by atoms with Crippen LogP contribution in [0.3, 0.4) is 0 Å². The monoisotopic (exact) mass is 304 g/mol. The van der Waals surface area contributed by atoms with Crippen LogP contribution in [-0.2, 0) is 19.0 Å². The highest BCUT2D eigenvalue weighted by Gasteiger charge is 2.35. The Balaban J connectivity index is 2.37. The van der Waals surface area contributed by atoms with Gasteiger partial charge in [-0.15, -0.1) is 0 Å². The molecule has 2 atom stereocenters. The minimum atomic E-state index is -1.06. The SMILES string of the molecule is COCCCC(NC(=O)NCC1(OC)CCOC1)C(=O)O. The van der Waals surface area contributed by atoms with Gasteiger partial charge in [-0.05, 0) is 12.8 Å². The molecule has 122 valence electrons. The van der Waals surface area contributed by atoms with Crippen molar-refractivity contribution in [1.82, 2.24) is 10.6 Å². The number of aliphatic carboxylic acids is 1. The van der Waals surface area contributed by atoms with Crippen LogP contribution >= 0.6 is 0 Å². The number of urea groups is 1. The van der Waals surface area contributed by atoms with Crippen molar-refractivity contribution in [3.63, 3.8) is 0 Å². The largest absolute Gasteiger partial charge is 0.480 e. The number of nitrogens with one attached hydrogen (secondary N) is 2. The maximum atomic E-state index is 11.8. The third-order valence-corrected chi connectivity index (χ3v) is 3.52. The van der Waals surface area contributed by atoms with Gasteiger partial charge in [-0.2, -0.15) is 0 Å². The normalized spacial score (nSPS) is 22.8. The average molecular weight is 304 g/mol. The number of ether oxygens (including phenoxy) is 3. The molecule has 0 spiro atoms. The van der Waals surface area contributed by atoms with Crippen molar-refractivity contribution in [2.45, 2.75) is 30.9 Å². The van der Waals surface area contributed by atoms with Crippen molar-refractivity contribution in [3.8, 4) is 0 Å². The molecule has 1 aliphatic rings. The van der Waals surface area contributed by atoms with Crippen molar-refractivity contribution in [3.05, 3.63) is 0 Å². The number of carbonyl (C=O) groups is 2. The Labute approximate surface area is 124 Å². The van der Waals surface area contributed by atoms with Crippen molar-refractivity contribution in [2.75, 3.05) is 40.6 Å². The maximum Gasteiger partial charge on any atom is 0.326 e. The highest BCUT2D eigenvalue weighted by molar-refractivity contribution is 5.82. The minimum absolute atomic E-state index is 0.278. The minimum Gasteiger partial charge on any atom is -0.480 e. The molecule has 1 heterocycles. The number of methoxy groups -OCH3 is 2. The molecule has 2 unspecified atom stereocenters. The molecule has 0 aromatic carbocycles. The molecule has 8 heteroatoms. The molecule has 2 amide bonds. The molecule has 1 saturated heterocycles. The summed E-state index contributed by atoms with van der Waals surface area (Å²) in [6.45, 7) is 1.74. The predicted octanol–water partition coefficient (Wildman–Crippen LogP) is -0.0291. The Hall–Kier alpha value is -1.38. The van der Waals surface area contributed by atoms with E-state index in [1.165, 1.54) is 0 Å². The smallest absolute Gasteiger partial charge is 0.326 e. The summed E-state index contributed by atoms with van der Waals surface area (Å²) in [5.74, 6) is -1.06. The fourth-order valence-electron chi connectivity index (χ4n) is 2.10. The summed E-state index contributed by atoms with van der Waals surface area (Å²) in [7, 11) is 3.11. The number of carbonyl (C=O) groups excluding carboxylic acids is 1. The molecule has 0 aromatic rings. The molecule has 0 saturated carbocycles. The summed E-state index contributed by atoms with van der Waals surface area (Å²) in [4.78, 5) is 22.9. The third-order valence-electron chi connectivity index (χ3n) is 3.52. The zero-order chi connectivity index (χ0) is 15.7. The Bertz CT molecular complexity index is 344. The van der Waals surface area contributed by atoms with E-state index in [1.54, 1.807) is 14.2 Å². The Morgan fingerprint density at radius 2 is 2.19 bits per heavy atom. The number of hydrogen-bond acceptors (Lipinski definition) is 5. The van der Waals surface area contributed by atoms with Crippen LogP contribution in [0.4, 0.5) is 4.79 Å². The van der Waals surface area contributed by atoms with Crippen LogP contribution in [0.1, 0.15) is 19.3 Å². The summed E-state index contributed by atoms with van der Waals surface area (Å²) in [5, 5.41) is 14.2. The number of hydrogen-bond donors (Lipinski definition) is 3. The zero-order valence-electron chi connectivity index (χ0n) is 12.5. The molecule has 3 N–H and O–H groups in total. The van der Waals surface area contributed by atoms with Crippen molar-refractivity contribution >= 4 is 12.0 Å². The van der Waals surface area contributed by atoms with Gasteiger partial charge in [-0.1, -0.05) is 0 Å². The van der Waals surface area contributed by atoms with E-state index in [0.29, 0.717) is 39.1 Å². The second kappa shape index (κ2) is 8.81. The lowest BCUT2D eigenvalue weighted by Gasteiger charge is -2.26. The van der Waals surface area contributed by atoms with Crippen LogP contribution < -0.4 is 10.6 Å². The third kappa shape index (κ3) is 5.86. The molecule has 8 nitrogen and oxygen atoms in total. The van der Waals surface area contributed by atoms with Gasteiger partial charge in [-0.3, -0.25) is 0 Å². The second-order valence-electron chi connectivity index (χ2n) is 5.04. The molecule has 1 aliphatic heterocycles. The van der Waals surface area contributed by atoms with Gasteiger partial charge >= 0.3 is 12.0 Å². The average Bonchev–Trinajstić information content (AvgIpc) is 2.93. The summed E-state index contributed by atoms with van der Waals surface area (Å²) in [5.41, 5.74) is -0.522. The summed E-state index contributed by atoms with van der Waals surface area (Å²) >= 11 is 0. The van der Waals surface area contributed by atoms with E-state index in [-0.39, 0.29) is 6.54 Å². The van der Waals surface area contributed by atoms with E-state index in [4.69, 9.17) is 19.3 Å². The first-order valence-corrected chi connectivity index (χ1v) is 6.92. The van der Waals surface area contributed by atoms with E-state index in [1.807, 2.05) is 0 Å². The summed E-state index contributed by atoms with van der Waals surface area (Å²) < 4.78 is 15.5. The molecule has 0 aromatic heterocycles. The highest BCUT2D eigenvalue weighted by atomic mass is 16.5. The van der Waals surface area contributed by atoms with Crippen LogP contribution in [0.2, 0.25) is 0 Å². The Kier molecular flexibility index (Phi) is 7.41. The van der Waals surface area contributed by atoms with Gasteiger partial charge in [-0.25, -0.2) is 9.59 Å². The van der Waals surface area contributed by atoms with E-state index < -0.39 is 23.6 Å². The van der Waals surface area contributed by atoms with E-state index in [2.05, 4.69) is 10.6 Å². The van der Waals surface area contributed by atoms with Gasteiger partial charge in [0, 0.05) is 33.9 Å². The first-order chi connectivity index (χ1) is 10.0. The fraction of sp³-hybridized carbons (Fsp3) is 0.846. The van der Waals surface area contributed by atoms with E-state index in [0.717, 1.165) is 0 Å².